The number of nitrogens with one attached hydrogen (secondary N) is 1. The standard InChI is InChI=1S/C4H8BrN/c5-4-1-2-6-3-4/h4,6H,1-3H2/t4-/m1/s1. The molecule has 0 aromatic carbocycles. The lowest BCUT2D eigenvalue weighted by atomic mass is 10.4. The molecule has 1 aliphatic rings. The molecule has 1 saturated heterocycles. The molecule has 0 bridgehead atoms. The minimum absolute atomic E-state index is 0.748. The molecule has 0 unspecified atom stereocenters. The summed E-state index contributed by atoms with van der Waals surface area (Å²) in [5, 5.41) is 3.23. The van der Waals surface area contributed by atoms with E-state index in [1.807, 2.05) is 0 Å². The van der Waals surface area contributed by atoms with Crippen molar-refractivity contribution < 1.29 is 0 Å². The van der Waals surface area contributed by atoms with Crippen molar-refractivity contribution in [1.82, 2.24) is 5.32 Å². The second-order valence-electron chi connectivity index (χ2n) is 1.59. The first kappa shape index (κ1) is 4.60. The van der Waals surface area contributed by atoms with Crippen LogP contribution in [0.15, 0.2) is 0 Å². The van der Waals surface area contributed by atoms with Crippen molar-refractivity contribution in [2.45, 2.75) is 11.2 Å². The zero-order valence-corrected chi connectivity index (χ0v) is 5.16. The van der Waals surface area contributed by atoms with Crippen LogP contribution in [0.25, 0.3) is 0 Å². The molecule has 0 aliphatic carbocycles. The third-order valence-corrected chi connectivity index (χ3v) is 1.78. The van der Waals surface area contributed by atoms with Gasteiger partial charge in [-0.05, 0) is 13.0 Å². The average Bonchev–Trinajstić information content (AvgIpc) is 1.86. The first-order valence-corrected chi connectivity index (χ1v) is 3.16. The number of hydrogen-bond acceptors (Lipinski definition) is 1. The van der Waals surface area contributed by atoms with Crippen molar-refractivity contribution >= 4 is 15.9 Å². The van der Waals surface area contributed by atoms with Crippen LogP contribution in [0.3, 0.4) is 0 Å². The Kier molecular flexibility index (Phi) is 1.48. The molecule has 0 aromatic rings. The highest BCUT2D eigenvalue weighted by molar-refractivity contribution is 9.09. The van der Waals surface area contributed by atoms with Crippen molar-refractivity contribution in [3.05, 3.63) is 0 Å². The molecule has 1 N–H and O–H groups in total. The van der Waals surface area contributed by atoms with Crippen LogP contribution in [0, 0.1) is 0 Å². The summed E-state index contributed by atoms with van der Waals surface area (Å²) in [6.07, 6.45) is 1.29. The van der Waals surface area contributed by atoms with Gasteiger partial charge in [-0.3, -0.25) is 0 Å². The SMILES string of the molecule is Br[C@@H]1CCNC1. The van der Waals surface area contributed by atoms with Gasteiger partial charge in [-0.2, -0.15) is 0 Å². The topological polar surface area (TPSA) is 12.0 Å². The molecule has 36 valence electrons. The van der Waals surface area contributed by atoms with Crippen LogP contribution in [-0.2, 0) is 0 Å². The van der Waals surface area contributed by atoms with Crippen molar-refractivity contribution in [3.63, 3.8) is 0 Å². The fourth-order valence-corrected chi connectivity index (χ4v) is 1.08. The molecule has 1 fully saturated rings. The van der Waals surface area contributed by atoms with Crippen LogP contribution in [0.5, 0.6) is 0 Å². The predicted octanol–water partition coefficient (Wildman–Crippen LogP) is 0.743. The van der Waals surface area contributed by atoms with E-state index in [1.54, 1.807) is 0 Å². The highest BCUT2D eigenvalue weighted by atomic mass is 79.9. The third-order valence-electron chi connectivity index (χ3n) is 1.00. The molecular formula is C4H8BrN. The first-order chi connectivity index (χ1) is 2.89. The first-order valence-electron chi connectivity index (χ1n) is 2.24. The van der Waals surface area contributed by atoms with Crippen LogP contribution in [0.2, 0.25) is 0 Å². The van der Waals surface area contributed by atoms with Gasteiger partial charge in [0.15, 0.2) is 0 Å². The molecule has 1 atom stereocenters. The largest absolute Gasteiger partial charge is 0.316 e. The third kappa shape index (κ3) is 0.949. The van der Waals surface area contributed by atoms with Gasteiger partial charge < -0.3 is 5.32 Å². The summed E-state index contributed by atoms with van der Waals surface area (Å²) in [5.74, 6) is 0. The molecule has 1 aliphatic heterocycles. The summed E-state index contributed by atoms with van der Waals surface area (Å²) in [5.41, 5.74) is 0. The highest BCUT2D eigenvalue weighted by Crippen LogP contribution is 2.06. The van der Waals surface area contributed by atoms with Crippen molar-refractivity contribution in [1.29, 1.82) is 0 Å². The summed E-state index contributed by atoms with van der Waals surface area (Å²) in [6, 6.07) is 0. The molecule has 1 heterocycles. The van der Waals surface area contributed by atoms with Gasteiger partial charge >= 0.3 is 0 Å². The quantitative estimate of drug-likeness (QED) is 0.502. The number of halogens is 1. The lowest BCUT2D eigenvalue weighted by molar-refractivity contribution is 0.859. The smallest absolute Gasteiger partial charge is 0.0282 e. The zero-order valence-electron chi connectivity index (χ0n) is 3.58. The Morgan fingerprint density at radius 2 is 2.50 bits per heavy atom. The maximum Gasteiger partial charge on any atom is 0.0282 e. The van der Waals surface area contributed by atoms with Crippen molar-refractivity contribution in [2.75, 3.05) is 13.1 Å². The van der Waals surface area contributed by atoms with E-state index in [-0.39, 0.29) is 0 Å². The Morgan fingerprint density at radius 1 is 1.67 bits per heavy atom. The van der Waals surface area contributed by atoms with Crippen molar-refractivity contribution in [2.24, 2.45) is 0 Å². The second-order valence-corrected chi connectivity index (χ2v) is 2.89. The van der Waals surface area contributed by atoms with Gasteiger partial charge in [0.25, 0.3) is 0 Å². The molecule has 0 aromatic heterocycles. The maximum absolute atomic E-state index is 3.48. The highest BCUT2D eigenvalue weighted by Gasteiger charge is 2.07. The fraction of sp³-hybridized carbons (Fsp3) is 1.00. The molecule has 2 heteroatoms. The monoisotopic (exact) mass is 149 g/mol. The summed E-state index contributed by atoms with van der Waals surface area (Å²) in [6.45, 7) is 2.34. The molecule has 6 heavy (non-hydrogen) atoms. The van der Waals surface area contributed by atoms with Crippen LogP contribution < -0.4 is 5.32 Å². The van der Waals surface area contributed by atoms with Gasteiger partial charge in [-0.25, -0.2) is 0 Å². The number of hydrogen-bond donors (Lipinski definition) is 1. The van der Waals surface area contributed by atoms with Gasteiger partial charge in [0.2, 0.25) is 0 Å². The van der Waals surface area contributed by atoms with Crippen LogP contribution >= 0.6 is 15.9 Å². The van der Waals surface area contributed by atoms with E-state index in [9.17, 15) is 0 Å². The zero-order chi connectivity index (χ0) is 4.41. The Morgan fingerprint density at radius 3 is 2.67 bits per heavy atom. The fourth-order valence-electron chi connectivity index (χ4n) is 0.619. The van der Waals surface area contributed by atoms with Gasteiger partial charge in [0, 0.05) is 11.4 Å². The Hall–Kier alpha value is 0.440. The Bertz CT molecular complexity index is 40.8. The van der Waals surface area contributed by atoms with E-state index in [2.05, 4.69) is 21.2 Å². The van der Waals surface area contributed by atoms with E-state index < -0.39 is 0 Å². The van der Waals surface area contributed by atoms with Crippen LogP contribution in [-0.4, -0.2) is 17.9 Å². The van der Waals surface area contributed by atoms with E-state index in [0.717, 1.165) is 11.4 Å². The minimum atomic E-state index is 0.748. The second kappa shape index (κ2) is 1.94. The molecular weight excluding hydrogens is 142 g/mol. The van der Waals surface area contributed by atoms with Gasteiger partial charge in [-0.15, -0.1) is 0 Å². The minimum Gasteiger partial charge on any atom is -0.316 e. The summed E-state index contributed by atoms with van der Waals surface area (Å²) in [7, 11) is 0. The number of alkyl halides is 1. The molecule has 0 saturated carbocycles. The normalized spacial score (nSPS) is 34.5. The Labute approximate surface area is 46.2 Å². The Balaban J connectivity index is 2.18. The van der Waals surface area contributed by atoms with E-state index >= 15 is 0 Å². The van der Waals surface area contributed by atoms with E-state index in [1.165, 1.54) is 13.0 Å². The van der Waals surface area contributed by atoms with E-state index in [4.69, 9.17) is 0 Å². The average molecular weight is 150 g/mol. The van der Waals surface area contributed by atoms with Crippen LogP contribution in [0.4, 0.5) is 0 Å². The van der Waals surface area contributed by atoms with Crippen molar-refractivity contribution in [3.8, 4) is 0 Å². The lowest BCUT2D eigenvalue weighted by Crippen LogP contribution is -2.07. The predicted molar refractivity (Wildman–Crippen MR) is 30.2 cm³/mol. The van der Waals surface area contributed by atoms with E-state index in [0.29, 0.717) is 0 Å². The van der Waals surface area contributed by atoms with Gasteiger partial charge in [0.1, 0.15) is 0 Å². The molecule has 0 amide bonds. The summed E-state index contributed by atoms with van der Waals surface area (Å²) < 4.78 is 0. The molecule has 0 spiro atoms. The lowest BCUT2D eigenvalue weighted by Gasteiger charge is -1.88. The van der Waals surface area contributed by atoms with Gasteiger partial charge in [-0.1, -0.05) is 15.9 Å². The summed E-state index contributed by atoms with van der Waals surface area (Å²) in [4.78, 5) is 0.748. The maximum atomic E-state index is 3.48. The number of rotatable bonds is 0. The molecule has 1 rings (SSSR count). The van der Waals surface area contributed by atoms with Crippen LogP contribution in [0.1, 0.15) is 6.42 Å². The molecule has 0 radical (unpaired) electrons. The summed E-state index contributed by atoms with van der Waals surface area (Å²) >= 11 is 3.48. The van der Waals surface area contributed by atoms with Gasteiger partial charge in [0.05, 0.1) is 0 Å². The molecule has 1 nitrogen and oxygen atoms in total.